The molecule has 0 heterocycles. The van der Waals surface area contributed by atoms with E-state index in [2.05, 4.69) is 9.05 Å². The fourth-order valence-corrected chi connectivity index (χ4v) is 5.52. The van der Waals surface area contributed by atoms with Gasteiger partial charge in [-0.05, 0) is 12.1 Å². The molecule has 0 saturated carbocycles. The monoisotopic (exact) mass is 579 g/mol. The van der Waals surface area contributed by atoms with E-state index < -0.39 is 64.3 Å². The first-order valence-electron chi connectivity index (χ1n) is 8.47. The van der Waals surface area contributed by atoms with Gasteiger partial charge in [0.1, 0.15) is 0 Å². The summed E-state index contributed by atoms with van der Waals surface area (Å²) in [6.45, 7) is 0. The third-order valence-corrected chi connectivity index (χ3v) is 8.11. The van der Waals surface area contributed by atoms with E-state index in [0.717, 1.165) is 12.1 Å². The van der Waals surface area contributed by atoms with Crippen molar-refractivity contribution in [3.05, 3.63) is 30.3 Å². The Bertz CT molecular complexity index is 1030. The summed E-state index contributed by atoms with van der Waals surface area (Å²) in [6, 6.07) is 4.33. The molecule has 0 aliphatic heterocycles. The van der Waals surface area contributed by atoms with Gasteiger partial charge in [0, 0.05) is 14.2 Å². The Morgan fingerprint density at radius 3 is 1.54 bits per heavy atom. The fraction of sp³-hybridized carbons (Fsp3) is 0.600. The molecule has 1 aromatic carbocycles. The Morgan fingerprint density at radius 1 is 0.771 bits per heavy atom. The minimum atomic E-state index is -7.99. The lowest BCUT2D eigenvalue weighted by molar-refractivity contribution is -0.413. The Morgan fingerprint density at radius 2 is 1.17 bits per heavy atom. The van der Waals surface area contributed by atoms with Gasteiger partial charge >= 0.3 is 43.6 Å². The molecule has 1 unspecified atom stereocenters. The van der Waals surface area contributed by atoms with Gasteiger partial charge in [-0.15, -0.1) is 0 Å². The molecule has 0 aromatic heterocycles. The van der Waals surface area contributed by atoms with Gasteiger partial charge < -0.3 is 9.05 Å². The molecule has 1 atom stereocenters. The summed E-state index contributed by atoms with van der Waals surface area (Å²) >= 11 is 0. The van der Waals surface area contributed by atoms with E-state index in [1.807, 2.05) is 0 Å². The van der Waals surface area contributed by atoms with E-state index in [4.69, 9.17) is 0 Å². The van der Waals surface area contributed by atoms with E-state index in [1.54, 1.807) is 0 Å². The first-order chi connectivity index (χ1) is 15.5. The molecule has 0 aliphatic carbocycles. The maximum absolute atomic E-state index is 14.7. The highest BCUT2D eigenvalue weighted by Gasteiger charge is 2.89. The minimum absolute atomic E-state index is 0.167. The van der Waals surface area contributed by atoms with Gasteiger partial charge in [0.25, 0.3) is 0 Å². The molecule has 0 bridgehead atoms. The molecule has 6 nitrogen and oxygen atoms in total. The van der Waals surface area contributed by atoms with Crippen molar-refractivity contribution in [1.29, 1.82) is 0 Å². The van der Waals surface area contributed by atoms with Crippen LogP contribution in [0.3, 0.4) is 0 Å². The molecule has 20 heteroatoms. The summed E-state index contributed by atoms with van der Waals surface area (Å²) in [5.41, 5.74) is 0. The lowest BCUT2D eigenvalue weighted by Gasteiger charge is -2.42. The normalized spacial score (nSPS) is 16.0. The van der Waals surface area contributed by atoms with Gasteiger partial charge in [-0.1, -0.05) is 18.2 Å². The van der Waals surface area contributed by atoms with Crippen molar-refractivity contribution in [3.63, 3.8) is 0 Å². The molecule has 0 spiro atoms. The van der Waals surface area contributed by atoms with E-state index >= 15 is 0 Å². The van der Waals surface area contributed by atoms with Gasteiger partial charge in [-0.2, -0.15) is 48.6 Å². The first kappa shape index (κ1) is 31.5. The molecule has 35 heavy (non-hydrogen) atoms. The SMILES string of the molecule is COP(=O)(OC)C(NS(=O)(=O)c1ccccc1)C(F)(F)C(F)(F)C(F)(F)C(F)(F)C(F)(F)C(F)F. The van der Waals surface area contributed by atoms with Crippen LogP contribution in [0.5, 0.6) is 0 Å². The molecule has 0 fully saturated rings. The lowest BCUT2D eigenvalue weighted by atomic mass is 9.94. The quantitative estimate of drug-likeness (QED) is 0.272. The Labute approximate surface area is 189 Å². The minimum Gasteiger partial charge on any atom is -0.311 e. The van der Waals surface area contributed by atoms with Crippen molar-refractivity contribution in [1.82, 2.24) is 4.72 Å². The standard InChI is InChI=1S/C15H14F12NO5PS/c1-32-34(29,33-2)10(28-35(30,31)8-6-4-3-5-7-8)12(20,21)14(24,25)15(26,27)13(22,23)11(18,19)9(16)17/h3-7,9-10,28H,1-2H3. The Kier molecular flexibility index (Phi) is 8.74. The van der Waals surface area contributed by atoms with Gasteiger partial charge in [-0.3, -0.25) is 4.57 Å². The highest BCUT2D eigenvalue weighted by Crippen LogP contribution is 2.64. The third kappa shape index (κ3) is 5.01. The summed E-state index contributed by atoms with van der Waals surface area (Å²) in [6.07, 6.45) is -5.73. The zero-order valence-corrected chi connectivity index (χ0v) is 18.7. The van der Waals surface area contributed by atoms with Gasteiger partial charge in [0.05, 0.1) is 4.90 Å². The predicted molar refractivity (Wildman–Crippen MR) is 92.9 cm³/mol. The zero-order valence-electron chi connectivity index (χ0n) is 17.0. The van der Waals surface area contributed by atoms with Crippen LogP contribution in [0.15, 0.2) is 35.2 Å². The number of halogens is 12. The smallest absolute Gasteiger partial charge is 0.311 e. The molecular formula is C15H14F12NO5PS. The average molecular weight is 579 g/mol. The van der Waals surface area contributed by atoms with E-state index in [1.165, 1.54) is 6.07 Å². The number of alkyl halides is 12. The van der Waals surface area contributed by atoms with Gasteiger partial charge in [0.15, 0.2) is 5.78 Å². The number of hydrogen-bond acceptors (Lipinski definition) is 5. The van der Waals surface area contributed by atoms with Crippen LogP contribution in [-0.2, 0) is 23.6 Å². The number of sulfonamides is 1. The van der Waals surface area contributed by atoms with Crippen molar-refractivity contribution in [2.75, 3.05) is 14.2 Å². The second-order valence-electron chi connectivity index (χ2n) is 6.51. The molecule has 1 rings (SSSR count). The van der Waals surface area contributed by atoms with Crippen LogP contribution in [-0.4, -0.2) is 64.5 Å². The number of nitrogens with one attached hydrogen (secondary N) is 1. The number of rotatable bonds is 12. The molecule has 0 saturated heterocycles. The zero-order chi connectivity index (χ0) is 27.9. The van der Waals surface area contributed by atoms with Crippen LogP contribution in [0.1, 0.15) is 0 Å². The van der Waals surface area contributed by atoms with Crippen molar-refractivity contribution in [2.24, 2.45) is 0 Å². The highest BCUT2D eigenvalue weighted by atomic mass is 32.2. The molecule has 204 valence electrons. The van der Waals surface area contributed by atoms with Crippen LogP contribution >= 0.6 is 7.60 Å². The molecule has 1 N–H and O–H groups in total. The van der Waals surface area contributed by atoms with E-state index in [9.17, 15) is 65.7 Å². The second kappa shape index (κ2) is 9.72. The lowest BCUT2D eigenvalue weighted by Crippen LogP contribution is -2.71. The Hall–Kier alpha value is -1.56. The number of hydrogen-bond donors (Lipinski definition) is 1. The van der Waals surface area contributed by atoms with Crippen molar-refractivity contribution >= 4 is 17.6 Å². The largest absolute Gasteiger partial charge is 0.384 e. The van der Waals surface area contributed by atoms with Gasteiger partial charge in [-0.25, -0.2) is 17.2 Å². The first-order valence-corrected chi connectivity index (χ1v) is 11.6. The summed E-state index contributed by atoms with van der Waals surface area (Å²) in [5, 5.41) is 0. The average Bonchev–Trinajstić information content (AvgIpc) is 2.76. The molecular weight excluding hydrogens is 565 g/mol. The van der Waals surface area contributed by atoms with Crippen LogP contribution in [0, 0.1) is 0 Å². The van der Waals surface area contributed by atoms with Crippen molar-refractivity contribution in [3.8, 4) is 0 Å². The third-order valence-electron chi connectivity index (χ3n) is 4.39. The highest BCUT2D eigenvalue weighted by molar-refractivity contribution is 7.89. The van der Waals surface area contributed by atoms with E-state index in [0.29, 0.717) is 16.9 Å². The second-order valence-corrected chi connectivity index (χ2v) is 10.6. The fourth-order valence-electron chi connectivity index (χ4n) is 2.36. The van der Waals surface area contributed by atoms with Crippen LogP contribution < -0.4 is 4.72 Å². The maximum atomic E-state index is 14.7. The van der Waals surface area contributed by atoms with E-state index in [-0.39, 0.29) is 14.2 Å². The summed E-state index contributed by atoms with van der Waals surface area (Å²) in [5.74, 6) is -42.4. The topological polar surface area (TPSA) is 81.7 Å². The predicted octanol–water partition coefficient (Wildman–Crippen LogP) is 5.22. The molecule has 0 radical (unpaired) electrons. The molecule has 1 aromatic rings. The summed E-state index contributed by atoms with van der Waals surface area (Å²) in [7, 11) is -11.2. The van der Waals surface area contributed by atoms with Crippen LogP contribution in [0.4, 0.5) is 52.7 Å². The van der Waals surface area contributed by atoms with Crippen molar-refractivity contribution in [2.45, 2.75) is 46.7 Å². The molecule has 0 aliphatic rings. The summed E-state index contributed by atoms with van der Waals surface area (Å²) in [4.78, 5) is -1.04. The van der Waals surface area contributed by atoms with Crippen LogP contribution in [0.25, 0.3) is 0 Å². The summed E-state index contributed by atoms with van der Waals surface area (Å²) < 4.78 is 209. The number of benzene rings is 1. The van der Waals surface area contributed by atoms with Crippen molar-refractivity contribution < 1.29 is 74.7 Å². The maximum Gasteiger partial charge on any atom is 0.384 e. The van der Waals surface area contributed by atoms with Crippen LogP contribution in [0.2, 0.25) is 0 Å². The van der Waals surface area contributed by atoms with Gasteiger partial charge in [0.2, 0.25) is 10.0 Å². The Balaban J connectivity index is 3.81. The molecule has 0 amide bonds.